The van der Waals surface area contributed by atoms with Crippen LogP contribution in [0.4, 0.5) is 5.69 Å². The lowest BCUT2D eigenvalue weighted by Crippen LogP contribution is -2.13. The highest BCUT2D eigenvalue weighted by atomic mass is 16.6. The Hall–Kier alpha value is -1.95. The summed E-state index contributed by atoms with van der Waals surface area (Å²) in [6, 6.07) is 3.89. The number of ketones is 1. The lowest BCUT2D eigenvalue weighted by Gasteiger charge is -2.03. The molecule has 80 valence electrons. The second kappa shape index (κ2) is 4.52. The molecule has 0 fully saturated rings. The third-order valence-corrected chi connectivity index (χ3v) is 1.88. The summed E-state index contributed by atoms with van der Waals surface area (Å²) in [4.78, 5) is 21.2. The fourth-order valence-corrected chi connectivity index (χ4v) is 1.12. The van der Waals surface area contributed by atoms with E-state index in [1.807, 2.05) is 0 Å². The summed E-state index contributed by atoms with van der Waals surface area (Å²) < 4.78 is 4.81. The first-order valence-corrected chi connectivity index (χ1v) is 4.16. The Bertz CT molecular complexity index is 403. The summed E-state index contributed by atoms with van der Waals surface area (Å²) in [5.41, 5.74) is 5.30. The van der Waals surface area contributed by atoms with Crippen LogP contribution in [-0.4, -0.2) is 24.4 Å². The number of nitro groups is 1. The number of ether oxygens (including phenoxy) is 1. The summed E-state index contributed by atoms with van der Waals surface area (Å²) in [5, 5.41) is 10.5. The molecule has 6 heteroatoms. The Morgan fingerprint density at radius 3 is 2.73 bits per heavy atom. The fraction of sp³-hybridized carbons (Fsp3) is 0.222. The van der Waals surface area contributed by atoms with Gasteiger partial charge < -0.3 is 10.5 Å². The summed E-state index contributed by atoms with van der Waals surface area (Å²) in [5.74, 6) is -0.234. The second-order valence-corrected chi connectivity index (χ2v) is 2.77. The van der Waals surface area contributed by atoms with Gasteiger partial charge in [0, 0.05) is 11.6 Å². The molecule has 15 heavy (non-hydrogen) atoms. The Morgan fingerprint density at radius 2 is 2.27 bits per heavy atom. The quantitative estimate of drug-likeness (QED) is 0.449. The molecular formula is C9H10N2O4. The third-order valence-electron chi connectivity index (χ3n) is 1.88. The molecule has 1 aromatic carbocycles. The average Bonchev–Trinajstić information content (AvgIpc) is 2.26. The maximum Gasteiger partial charge on any atom is 0.310 e. The van der Waals surface area contributed by atoms with Crippen LogP contribution in [0.25, 0.3) is 0 Å². The van der Waals surface area contributed by atoms with E-state index in [-0.39, 0.29) is 23.8 Å². The fourth-order valence-electron chi connectivity index (χ4n) is 1.12. The molecule has 0 heterocycles. The molecule has 0 amide bonds. The van der Waals surface area contributed by atoms with Crippen molar-refractivity contribution in [2.24, 2.45) is 5.73 Å². The number of hydrogen-bond donors (Lipinski definition) is 1. The van der Waals surface area contributed by atoms with Crippen molar-refractivity contribution in [1.82, 2.24) is 0 Å². The number of carbonyl (C=O) groups excluding carboxylic acids is 1. The second-order valence-electron chi connectivity index (χ2n) is 2.77. The highest BCUT2D eigenvalue weighted by molar-refractivity contribution is 5.98. The molecule has 1 rings (SSSR count). The first kappa shape index (κ1) is 11.1. The zero-order valence-corrected chi connectivity index (χ0v) is 8.10. The van der Waals surface area contributed by atoms with Crippen LogP contribution >= 0.6 is 0 Å². The largest absolute Gasteiger partial charge is 0.490 e. The molecule has 6 nitrogen and oxygen atoms in total. The molecule has 0 unspecified atom stereocenters. The van der Waals surface area contributed by atoms with Gasteiger partial charge >= 0.3 is 5.69 Å². The van der Waals surface area contributed by atoms with E-state index in [1.165, 1.54) is 25.3 Å². The van der Waals surface area contributed by atoms with Crippen LogP contribution in [0.15, 0.2) is 18.2 Å². The molecule has 0 aliphatic carbocycles. The zero-order chi connectivity index (χ0) is 11.4. The first-order chi connectivity index (χ1) is 7.10. The SMILES string of the molecule is COc1cc(C(=O)CN)ccc1[N+](=O)[O-]. The minimum absolute atomic E-state index is 0.0549. The summed E-state index contributed by atoms with van der Waals surface area (Å²) in [7, 11) is 1.30. The number of Topliss-reactive ketones (excluding diaryl/α,β-unsaturated/α-hetero) is 1. The predicted molar refractivity (Wildman–Crippen MR) is 53.0 cm³/mol. The van der Waals surface area contributed by atoms with Crippen LogP contribution in [0.3, 0.4) is 0 Å². The Labute approximate surface area is 85.8 Å². The summed E-state index contributed by atoms with van der Waals surface area (Å²) in [6.07, 6.45) is 0. The van der Waals surface area contributed by atoms with Gasteiger partial charge in [0.2, 0.25) is 0 Å². The van der Waals surface area contributed by atoms with Crippen molar-refractivity contribution < 1.29 is 14.5 Å². The van der Waals surface area contributed by atoms with Gasteiger partial charge in [0.25, 0.3) is 0 Å². The molecule has 0 saturated heterocycles. The van der Waals surface area contributed by atoms with Crippen molar-refractivity contribution >= 4 is 11.5 Å². The first-order valence-electron chi connectivity index (χ1n) is 4.16. The minimum Gasteiger partial charge on any atom is -0.490 e. The molecule has 0 aliphatic rings. The van der Waals surface area contributed by atoms with Crippen LogP contribution in [0.5, 0.6) is 5.75 Å². The van der Waals surface area contributed by atoms with Crippen LogP contribution in [-0.2, 0) is 0 Å². The maximum atomic E-state index is 11.2. The number of methoxy groups -OCH3 is 1. The molecule has 0 aliphatic heterocycles. The van der Waals surface area contributed by atoms with Crippen LogP contribution in [0, 0.1) is 10.1 Å². The standard InChI is InChI=1S/C9H10N2O4/c1-15-9-4-6(8(12)5-10)2-3-7(9)11(13)14/h2-4H,5,10H2,1H3. The smallest absolute Gasteiger partial charge is 0.310 e. The molecule has 0 atom stereocenters. The normalized spacial score (nSPS) is 9.73. The zero-order valence-electron chi connectivity index (χ0n) is 8.10. The van der Waals surface area contributed by atoms with Gasteiger partial charge in [-0.15, -0.1) is 0 Å². The molecule has 0 bridgehead atoms. The number of benzene rings is 1. The lowest BCUT2D eigenvalue weighted by molar-refractivity contribution is -0.385. The van der Waals surface area contributed by atoms with Gasteiger partial charge in [-0.05, 0) is 12.1 Å². The number of nitrogens with zero attached hydrogens (tertiary/aromatic N) is 1. The van der Waals surface area contributed by atoms with E-state index in [0.29, 0.717) is 5.56 Å². The van der Waals surface area contributed by atoms with E-state index in [9.17, 15) is 14.9 Å². The molecular weight excluding hydrogens is 200 g/mol. The number of carbonyl (C=O) groups is 1. The highest BCUT2D eigenvalue weighted by Crippen LogP contribution is 2.27. The number of hydrogen-bond acceptors (Lipinski definition) is 5. The Kier molecular flexibility index (Phi) is 3.35. The van der Waals surface area contributed by atoms with Gasteiger partial charge in [-0.25, -0.2) is 0 Å². The molecule has 0 aromatic heterocycles. The van der Waals surface area contributed by atoms with Crippen LogP contribution in [0.1, 0.15) is 10.4 Å². The van der Waals surface area contributed by atoms with Crippen molar-refractivity contribution in [3.05, 3.63) is 33.9 Å². The van der Waals surface area contributed by atoms with Crippen LogP contribution < -0.4 is 10.5 Å². The molecule has 1 aromatic rings. The minimum atomic E-state index is -0.574. The van der Waals surface area contributed by atoms with Gasteiger partial charge in [0.05, 0.1) is 18.6 Å². The van der Waals surface area contributed by atoms with Crippen molar-refractivity contribution in [2.45, 2.75) is 0 Å². The van der Waals surface area contributed by atoms with Gasteiger partial charge in [0.1, 0.15) is 0 Å². The summed E-state index contributed by atoms with van der Waals surface area (Å²) in [6.45, 7) is -0.138. The summed E-state index contributed by atoms with van der Waals surface area (Å²) >= 11 is 0. The van der Waals surface area contributed by atoms with E-state index in [1.54, 1.807) is 0 Å². The predicted octanol–water partition coefficient (Wildman–Crippen LogP) is 0.745. The maximum absolute atomic E-state index is 11.2. The number of nitrogens with two attached hydrogens (primary N) is 1. The van der Waals surface area contributed by atoms with Crippen LogP contribution in [0.2, 0.25) is 0 Å². The van der Waals surface area contributed by atoms with Crippen molar-refractivity contribution in [2.75, 3.05) is 13.7 Å². The Balaban J connectivity index is 3.19. The molecule has 0 saturated carbocycles. The number of rotatable bonds is 4. The Morgan fingerprint density at radius 1 is 1.60 bits per heavy atom. The highest BCUT2D eigenvalue weighted by Gasteiger charge is 2.16. The van der Waals surface area contributed by atoms with Crippen molar-refractivity contribution in [3.8, 4) is 5.75 Å². The molecule has 0 spiro atoms. The van der Waals surface area contributed by atoms with Gasteiger partial charge in [0.15, 0.2) is 11.5 Å². The monoisotopic (exact) mass is 210 g/mol. The van der Waals surface area contributed by atoms with Crippen molar-refractivity contribution in [3.63, 3.8) is 0 Å². The van der Waals surface area contributed by atoms with Gasteiger partial charge in [-0.3, -0.25) is 14.9 Å². The van der Waals surface area contributed by atoms with E-state index in [2.05, 4.69) is 0 Å². The van der Waals surface area contributed by atoms with Crippen molar-refractivity contribution in [1.29, 1.82) is 0 Å². The molecule has 0 radical (unpaired) electrons. The van der Waals surface area contributed by atoms with E-state index in [0.717, 1.165) is 0 Å². The lowest BCUT2D eigenvalue weighted by atomic mass is 10.1. The average molecular weight is 210 g/mol. The van der Waals surface area contributed by atoms with E-state index < -0.39 is 4.92 Å². The topological polar surface area (TPSA) is 95.5 Å². The molecule has 2 N–H and O–H groups in total. The van der Waals surface area contributed by atoms with E-state index >= 15 is 0 Å². The third kappa shape index (κ3) is 2.29. The number of nitro benzene ring substituents is 1. The van der Waals surface area contributed by atoms with Gasteiger partial charge in [-0.2, -0.15) is 0 Å². The van der Waals surface area contributed by atoms with E-state index in [4.69, 9.17) is 10.5 Å². The van der Waals surface area contributed by atoms with Gasteiger partial charge in [-0.1, -0.05) is 0 Å².